The Morgan fingerprint density at radius 1 is 1.31 bits per heavy atom. The summed E-state index contributed by atoms with van der Waals surface area (Å²) in [5.74, 6) is -0.328. The lowest BCUT2D eigenvalue weighted by molar-refractivity contribution is -0.385. The number of nitro benzene ring substituents is 1. The van der Waals surface area contributed by atoms with Gasteiger partial charge in [0.1, 0.15) is 0 Å². The van der Waals surface area contributed by atoms with E-state index in [-0.39, 0.29) is 17.2 Å². The van der Waals surface area contributed by atoms with E-state index in [1.807, 2.05) is 0 Å². The third kappa shape index (κ3) is 4.94. The fourth-order valence-electron chi connectivity index (χ4n) is 2.03. The van der Waals surface area contributed by atoms with Crippen LogP contribution in [0, 0.1) is 17.0 Å². The van der Waals surface area contributed by atoms with Gasteiger partial charge in [-0.2, -0.15) is 5.10 Å². The Balaban J connectivity index is 1.91. The lowest BCUT2D eigenvalue weighted by atomic mass is 10.2. The van der Waals surface area contributed by atoms with Crippen LogP contribution in [0.3, 0.4) is 0 Å². The molecule has 0 heterocycles. The molecule has 136 valence electrons. The number of phenols is 1. The maximum absolute atomic E-state index is 11.7. The number of carbonyl (C=O) groups is 1. The Labute approximate surface area is 149 Å². The van der Waals surface area contributed by atoms with E-state index in [9.17, 15) is 20.0 Å². The molecule has 0 atom stereocenters. The van der Waals surface area contributed by atoms with Crippen molar-refractivity contribution in [2.45, 2.75) is 6.92 Å². The maximum Gasteiger partial charge on any atom is 0.311 e. The number of hydrogen-bond donors (Lipinski definition) is 2. The van der Waals surface area contributed by atoms with E-state index in [1.165, 1.54) is 31.5 Å². The van der Waals surface area contributed by atoms with Gasteiger partial charge in [-0.05, 0) is 42.3 Å². The van der Waals surface area contributed by atoms with Crippen LogP contribution in [0.5, 0.6) is 17.2 Å². The Kier molecular flexibility index (Phi) is 6.10. The minimum Gasteiger partial charge on any atom is -0.504 e. The summed E-state index contributed by atoms with van der Waals surface area (Å²) in [6, 6.07) is 9.05. The molecule has 0 aliphatic carbocycles. The summed E-state index contributed by atoms with van der Waals surface area (Å²) in [7, 11) is 1.43. The van der Waals surface area contributed by atoms with Crippen molar-refractivity contribution >= 4 is 17.8 Å². The molecule has 1 amide bonds. The zero-order chi connectivity index (χ0) is 19.1. The van der Waals surface area contributed by atoms with E-state index in [0.29, 0.717) is 16.9 Å². The summed E-state index contributed by atoms with van der Waals surface area (Å²) in [6.45, 7) is 1.28. The number of nitrogens with one attached hydrogen (secondary N) is 1. The molecule has 0 spiro atoms. The molecule has 2 aromatic rings. The van der Waals surface area contributed by atoms with Gasteiger partial charge in [0.2, 0.25) is 0 Å². The number of amides is 1. The Bertz CT molecular complexity index is 850. The van der Waals surface area contributed by atoms with E-state index < -0.39 is 17.4 Å². The molecule has 9 heteroatoms. The molecule has 2 rings (SSSR count). The fraction of sp³-hybridized carbons (Fsp3) is 0.176. The normalized spacial score (nSPS) is 10.5. The van der Waals surface area contributed by atoms with E-state index in [2.05, 4.69) is 10.5 Å². The highest BCUT2D eigenvalue weighted by Crippen LogP contribution is 2.27. The molecule has 26 heavy (non-hydrogen) atoms. The second kappa shape index (κ2) is 8.47. The minimum atomic E-state index is -0.589. The molecule has 2 aromatic carbocycles. The van der Waals surface area contributed by atoms with E-state index in [0.717, 1.165) is 0 Å². The molecule has 2 N–H and O–H groups in total. The number of benzene rings is 2. The van der Waals surface area contributed by atoms with Gasteiger partial charge in [-0.3, -0.25) is 14.9 Å². The van der Waals surface area contributed by atoms with Crippen molar-refractivity contribution < 1.29 is 24.3 Å². The van der Waals surface area contributed by atoms with Crippen LogP contribution in [-0.4, -0.2) is 35.9 Å². The largest absolute Gasteiger partial charge is 0.504 e. The average molecular weight is 359 g/mol. The van der Waals surface area contributed by atoms with Gasteiger partial charge in [-0.25, -0.2) is 5.43 Å². The number of hydrogen-bond acceptors (Lipinski definition) is 7. The molecule has 0 fully saturated rings. The molecule has 0 aromatic heterocycles. The molecule has 0 aliphatic heterocycles. The van der Waals surface area contributed by atoms with Crippen LogP contribution in [0.2, 0.25) is 0 Å². The van der Waals surface area contributed by atoms with Gasteiger partial charge < -0.3 is 14.6 Å². The summed E-state index contributed by atoms with van der Waals surface area (Å²) in [5, 5.41) is 24.4. The highest BCUT2D eigenvalue weighted by molar-refractivity contribution is 5.83. The van der Waals surface area contributed by atoms with Gasteiger partial charge in [0.15, 0.2) is 23.9 Å². The molecule has 0 unspecified atom stereocenters. The first-order valence-electron chi connectivity index (χ1n) is 7.47. The number of nitro groups is 1. The number of carbonyl (C=O) groups excluding carboxylic acids is 1. The van der Waals surface area contributed by atoms with Crippen molar-refractivity contribution in [2.24, 2.45) is 5.10 Å². The number of aromatic hydroxyl groups is 1. The van der Waals surface area contributed by atoms with Crippen molar-refractivity contribution in [2.75, 3.05) is 13.7 Å². The molecule has 0 saturated heterocycles. The second-order valence-corrected chi connectivity index (χ2v) is 5.24. The average Bonchev–Trinajstić information content (AvgIpc) is 2.60. The van der Waals surface area contributed by atoms with Crippen molar-refractivity contribution in [3.05, 3.63) is 57.6 Å². The summed E-state index contributed by atoms with van der Waals surface area (Å²) >= 11 is 0. The zero-order valence-electron chi connectivity index (χ0n) is 14.1. The fourth-order valence-corrected chi connectivity index (χ4v) is 2.03. The summed E-state index contributed by atoms with van der Waals surface area (Å²) in [4.78, 5) is 22.2. The van der Waals surface area contributed by atoms with Crippen molar-refractivity contribution in [1.29, 1.82) is 0 Å². The lowest BCUT2D eigenvalue weighted by Gasteiger charge is -2.06. The van der Waals surface area contributed by atoms with Crippen molar-refractivity contribution in [1.82, 2.24) is 5.43 Å². The molecule has 9 nitrogen and oxygen atoms in total. The van der Waals surface area contributed by atoms with Gasteiger partial charge in [0.25, 0.3) is 5.91 Å². The molecule has 0 radical (unpaired) electrons. The first-order valence-corrected chi connectivity index (χ1v) is 7.47. The van der Waals surface area contributed by atoms with E-state index in [4.69, 9.17) is 9.47 Å². The van der Waals surface area contributed by atoms with Gasteiger partial charge >= 0.3 is 5.69 Å². The van der Waals surface area contributed by atoms with Crippen LogP contribution < -0.4 is 14.9 Å². The standard InChI is InChI=1S/C17H17N3O6/c1-11-3-5-15(13(7-11)20(23)24)26-10-17(22)19-18-9-12-4-6-16(25-2)14(21)8-12/h3-9,21H,10H2,1-2H3,(H,19,22)/b18-9-. The predicted octanol–water partition coefficient (Wildman–Crippen LogP) is 2.15. The lowest BCUT2D eigenvalue weighted by Crippen LogP contribution is -2.24. The van der Waals surface area contributed by atoms with E-state index in [1.54, 1.807) is 25.1 Å². The predicted molar refractivity (Wildman–Crippen MR) is 93.7 cm³/mol. The smallest absolute Gasteiger partial charge is 0.311 e. The monoisotopic (exact) mass is 359 g/mol. The minimum absolute atomic E-state index is 0.000179. The SMILES string of the molecule is COc1ccc(/C=N\NC(=O)COc2ccc(C)cc2[N+](=O)[O-])cc1O. The van der Waals surface area contributed by atoms with Gasteiger partial charge in [0.05, 0.1) is 18.2 Å². The first kappa shape index (κ1) is 18.7. The Morgan fingerprint density at radius 2 is 2.04 bits per heavy atom. The summed E-state index contributed by atoms with van der Waals surface area (Å²) in [5.41, 5.74) is 3.27. The molecular formula is C17H17N3O6. The van der Waals surface area contributed by atoms with Crippen LogP contribution in [0.4, 0.5) is 5.69 Å². The van der Waals surface area contributed by atoms with Crippen LogP contribution in [0.25, 0.3) is 0 Å². The number of ether oxygens (including phenoxy) is 2. The van der Waals surface area contributed by atoms with Crippen LogP contribution in [-0.2, 0) is 4.79 Å². The van der Waals surface area contributed by atoms with Crippen LogP contribution in [0.1, 0.15) is 11.1 Å². The summed E-state index contributed by atoms with van der Waals surface area (Å²) in [6.07, 6.45) is 1.32. The Morgan fingerprint density at radius 3 is 2.69 bits per heavy atom. The molecule has 0 saturated carbocycles. The third-order valence-corrected chi connectivity index (χ3v) is 3.28. The second-order valence-electron chi connectivity index (χ2n) is 5.24. The quantitative estimate of drug-likeness (QED) is 0.443. The topological polar surface area (TPSA) is 123 Å². The number of methoxy groups -OCH3 is 1. The van der Waals surface area contributed by atoms with Gasteiger partial charge in [-0.1, -0.05) is 6.07 Å². The number of rotatable bonds is 7. The third-order valence-electron chi connectivity index (χ3n) is 3.28. The number of nitrogens with zero attached hydrogens (tertiary/aromatic N) is 2. The zero-order valence-corrected chi connectivity index (χ0v) is 14.1. The van der Waals surface area contributed by atoms with Crippen molar-refractivity contribution in [3.63, 3.8) is 0 Å². The summed E-state index contributed by atoms with van der Waals surface area (Å²) < 4.78 is 10.1. The van der Waals surface area contributed by atoms with Gasteiger partial charge in [0, 0.05) is 6.07 Å². The number of aryl methyl sites for hydroxylation is 1. The van der Waals surface area contributed by atoms with Crippen LogP contribution >= 0.6 is 0 Å². The molecular weight excluding hydrogens is 342 g/mol. The molecule has 0 bridgehead atoms. The maximum atomic E-state index is 11.7. The number of hydrazone groups is 1. The molecule has 0 aliphatic rings. The first-order chi connectivity index (χ1) is 12.4. The number of phenolic OH excluding ortho intramolecular Hbond substituents is 1. The van der Waals surface area contributed by atoms with Crippen LogP contribution in [0.15, 0.2) is 41.5 Å². The highest BCUT2D eigenvalue weighted by Gasteiger charge is 2.16. The van der Waals surface area contributed by atoms with E-state index >= 15 is 0 Å². The van der Waals surface area contributed by atoms with Gasteiger partial charge in [-0.15, -0.1) is 0 Å². The van der Waals surface area contributed by atoms with Crippen molar-refractivity contribution in [3.8, 4) is 17.2 Å². The Hall–Kier alpha value is -3.62. The highest BCUT2D eigenvalue weighted by atomic mass is 16.6.